The Labute approximate surface area is 88.7 Å². The summed E-state index contributed by atoms with van der Waals surface area (Å²) in [5, 5.41) is 8.97. The lowest BCUT2D eigenvalue weighted by atomic mass is 10.2. The lowest BCUT2D eigenvalue weighted by Gasteiger charge is -2.09. The van der Waals surface area contributed by atoms with Crippen molar-refractivity contribution in [2.45, 2.75) is 19.4 Å². The predicted octanol–water partition coefficient (Wildman–Crippen LogP) is 2.11. The van der Waals surface area contributed by atoms with E-state index in [4.69, 9.17) is 16.3 Å². The fraction of sp³-hybridized carbons (Fsp3) is 0.333. The third-order valence-electron chi connectivity index (χ3n) is 1.92. The molecule has 1 aromatic rings. The predicted molar refractivity (Wildman–Crippen MR) is 55.9 cm³/mol. The van der Waals surface area contributed by atoms with Crippen LogP contribution < -0.4 is 4.74 Å². The van der Waals surface area contributed by atoms with Crippen molar-refractivity contribution in [3.8, 4) is 18.1 Å². The third-order valence-corrected chi connectivity index (χ3v) is 1.92. The van der Waals surface area contributed by atoms with E-state index in [1.165, 1.54) is 18.2 Å². The molecule has 1 rings (SSSR count). The van der Waals surface area contributed by atoms with Gasteiger partial charge in [-0.1, -0.05) is 0 Å². The summed E-state index contributed by atoms with van der Waals surface area (Å²) >= 11 is 0. The average Bonchev–Trinajstić information content (AvgIpc) is 2.26. The Hall–Kier alpha value is -1.53. The summed E-state index contributed by atoms with van der Waals surface area (Å²) in [5.41, 5.74) is 0.454. The van der Waals surface area contributed by atoms with Gasteiger partial charge in [0.2, 0.25) is 0 Å². The van der Waals surface area contributed by atoms with Crippen LogP contribution in [0.2, 0.25) is 0 Å². The minimum atomic E-state index is -0.380. The van der Waals surface area contributed by atoms with Gasteiger partial charge in [-0.15, -0.1) is 12.3 Å². The summed E-state index contributed by atoms with van der Waals surface area (Å²) in [6.45, 7) is 0.241. The molecule has 0 saturated heterocycles. The van der Waals surface area contributed by atoms with Gasteiger partial charge in [-0.3, -0.25) is 0 Å². The first-order valence-electron chi connectivity index (χ1n) is 4.73. The molecule has 0 atom stereocenters. The maximum atomic E-state index is 12.8. The van der Waals surface area contributed by atoms with Crippen molar-refractivity contribution in [3.05, 3.63) is 29.6 Å². The second-order valence-electron chi connectivity index (χ2n) is 3.07. The number of rotatable bonds is 5. The maximum Gasteiger partial charge on any atom is 0.125 e. The summed E-state index contributed by atoms with van der Waals surface area (Å²) < 4.78 is 18.1. The van der Waals surface area contributed by atoms with Crippen LogP contribution in [-0.2, 0) is 6.61 Å². The van der Waals surface area contributed by atoms with Crippen molar-refractivity contribution in [2.24, 2.45) is 0 Å². The highest BCUT2D eigenvalue weighted by atomic mass is 19.1. The normalized spacial score (nSPS) is 9.67. The summed E-state index contributed by atoms with van der Waals surface area (Å²) in [6, 6.07) is 4.07. The Morgan fingerprint density at radius 1 is 1.47 bits per heavy atom. The fourth-order valence-electron chi connectivity index (χ4n) is 1.17. The standard InChI is InChI=1S/C12H13FO2/c1-2-3-4-7-15-12-6-5-11(13)8-10(12)9-14/h1,5-6,8,14H,3-4,7,9H2. The molecule has 0 aliphatic heterocycles. The summed E-state index contributed by atoms with van der Waals surface area (Å²) in [5.74, 6) is 2.63. The molecule has 15 heavy (non-hydrogen) atoms. The molecule has 0 radical (unpaired) electrons. The molecule has 0 heterocycles. The fourth-order valence-corrected chi connectivity index (χ4v) is 1.17. The highest BCUT2D eigenvalue weighted by Gasteiger charge is 2.03. The number of ether oxygens (including phenoxy) is 1. The average molecular weight is 208 g/mol. The SMILES string of the molecule is C#CCCCOc1ccc(F)cc1CO. The number of aliphatic hydroxyl groups excluding tert-OH is 1. The Morgan fingerprint density at radius 3 is 2.93 bits per heavy atom. The quantitative estimate of drug-likeness (QED) is 0.593. The van der Waals surface area contributed by atoms with Gasteiger partial charge in [-0.2, -0.15) is 0 Å². The number of hydrogen-bond acceptors (Lipinski definition) is 2. The van der Waals surface area contributed by atoms with Crippen molar-refractivity contribution in [1.82, 2.24) is 0 Å². The van der Waals surface area contributed by atoms with E-state index in [0.717, 1.165) is 6.42 Å². The largest absolute Gasteiger partial charge is 0.493 e. The van der Waals surface area contributed by atoms with E-state index in [1.807, 2.05) is 0 Å². The van der Waals surface area contributed by atoms with Crippen LogP contribution in [0.25, 0.3) is 0 Å². The van der Waals surface area contributed by atoms with Crippen LogP contribution >= 0.6 is 0 Å². The highest BCUT2D eigenvalue weighted by Crippen LogP contribution is 2.19. The molecule has 1 N–H and O–H groups in total. The molecular formula is C12H13FO2. The van der Waals surface area contributed by atoms with Gasteiger partial charge in [-0.25, -0.2) is 4.39 Å². The van der Waals surface area contributed by atoms with Crippen LogP contribution in [0.1, 0.15) is 18.4 Å². The van der Waals surface area contributed by atoms with Gasteiger partial charge in [-0.05, 0) is 24.6 Å². The molecule has 0 fully saturated rings. The van der Waals surface area contributed by atoms with Crippen LogP contribution in [-0.4, -0.2) is 11.7 Å². The summed E-state index contributed by atoms with van der Waals surface area (Å²) in [4.78, 5) is 0. The molecule has 0 amide bonds. The molecule has 1 aromatic carbocycles. The number of halogens is 1. The van der Waals surface area contributed by atoms with E-state index in [1.54, 1.807) is 0 Å². The Morgan fingerprint density at radius 2 is 2.27 bits per heavy atom. The molecule has 0 aliphatic carbocycles. The van der Waals surface area contributed by atoms with Crippen LogP contribution in [0.4, 0.5) is 4.39 Å². The Balaban J connectivity index is 2.57. The summed E-state index contributed by atoms with van der Waals surface area (Å²) in [6.07, 6.45) is 6.49. The first kappa shape index (κ1) is 11.5. The summed E-state index contributed by atoms with van der Waals surface area (Å²) in [7, 11) is 0. The maximum absolute atomic E-state index is 12.8. The van der Waals surface area contributed by atoms with Gasteiger partial charge in [0.05, 0.1) is 13.2 Å². The minimum Gasteiger partial charge on any atom is -0.493 e. The van der Waals surface area contributed by atoms with Crippen LogP contribution in [0.3, 0.4) is 0 Å². The number of benzene rings is 1. The molecule has 0 spiro atoms. The van der Waals surface area contributed by atoms with E-state index in [2.05, 4.69) is 5.92 Å². The van der Waals surface area contributed by atoms with Crippen molar-refractivity contribution < 1.29 is 14.2 Å². The lowest BCUT2D eigenvalue weighted by molar-refractivity contribution is 0.261. The third kappa shape index (κ3) is 3.61. The van der Waals surface area contributed by atoms with Crippen molar-refractivity contribution >= 4 is 0 Å². The van der Waals surface area contributed by atoms with Crippen molar-refractivity contribution in [2.75, 3.05) is 6.61 Å². The van der Waals surface area contributed by atoms with Crippen molar-refractivity contribution in [1.29, 1.82) is 0 Å². The molecule has 0 aromatic heterocycles. The Kier molecular flexibility index (Phi) is 4.65. The molecule has 2 nitrogen and oxygen atoms in total. The zero-order valence-electron chi connectivity index (χ0n) is 8.37. The van der Waals surface area contributed by atoms with Gasteiger partial charge in [0.1, 0.15) is 11.6 Å². The topological polar surface area (TPSA) is 29.5 Å². The van der Waals surface area contributed by atoms with E-state index < -0.39 is 0 Å². The monoisotopic (exact) mass is 208 g/mol. The number of unbranched alkanes of at least 4 members (excludes halogenated alkanes) is 1. The van der Waals surface area contributed by atoms with E-state index in [9.17, 15) is 4.39 Å². The van der Waals surface area contributed by atoms with Gasteiger partial charge in [0, 0.05) is 12.0 Å². The molecule has 3 heteroatoms. The molecule has 0 unspecified atom stereocenters. The van der Waals surface area contributed by atoms with E-state index in [-0.39, 0.29) is 12.4 Å². The zero-order chi connectivity index (χ0) is 11.1. The molecule has 0 saturated carbocycles. The van der Waals surface area contributed by atoms with Gasteiger partial charge < -0.3 is 9.84 Å². The molecule has 0 aliphatic rings. The first-order chi connectivity index (χ1) is 7.27. The smallest absolute Gasteiger partial charge is 0.125 e. The molecule has 80 valence electrons. The number of terminal acetylenes is 1. The second-order valence-corrected chi connectivity index (χ2v) is 3.07. The van der Waals surface area contributed by atoms with E-state index in [0.29, 0.717) is 24.3 Å². The first-order valence-corrected chi connectivity index (χ1v) is 4.73. The number of aliphatic hydroxyl groups is 1. The number of hydrogen-bond donors (Lipinski definition) is 1. The zero-order valence-corrected chi connectivity index (χ0v) is 8.37. The molecule has 0 bridgehead atoms. The van der Waals surface area contributed by atoms with Crippen LogP contribution in [0, 0.1) is 18.2 Å². The van der Waals surface area contributed by atoms with Crippen molar-refractivity contribution in [3.63, 3.8) is 0 Å². The minimum absolute atomic E-state index is 0.234. The van der Waals surface area contributed by atoms with E-state index >= 15 is 0 Å². The highest BCUT2D eigenvalue weighted by molar-refractivity contribution is 5.33. The van der Waals surface area contributed by atoms with Gasteiger partial charge in [0.15, 0.2) is 0 Å². The van der Waals surface area contributed by atoms with Crippen LogP contribution in [0.5, 0.6) is 5.75 Å². The van der Waals surface area contributed by atoms with Crippen LogP contribution in [0.15, 0.2) is 18.2 Å². The molecular weight excluding hydrogens is 195 g/mol. The lowest BCUT2D eigenvalue weighted by Crippen LogP contribution is -2.00. The van der Waals surface area contributed by atoms with Gasteiger partial charge in [0.25, 0.3) is 0 Å². The van der Waals surface area contributed by atoms with Gasteiger partial charge >= 0.3 is 0 Å². The Bertz CT molecular complexity index is 355. The second kappa shape index (κ2) is 6.05.